The second-order valence-electron chi connectivity index (χ2n) is 4.40. The van der Waals surface area contributed by atoms with E-state index in [0.717, 1.165) is 25.3 Å². The molecule has 0 spiro atoms. The molecule has 0 aliphatic heterocycles. The van der Waals surface area contributed by atoms with Gasteiger partial charge in [0, 0.05) is 0 Å². The van der Waals surface area contributed by atoms with E-state index in [2.05, 4.69) is 43.1 Å². The molecule has 0 saturated carbocycles. The molecule has 1 N–H and O–H groups in total. The summed E-state index contributed by atoms with van der Waals surface area (Å²) in [5.74, 6) is 1.70. The lowest BCUT2D eigenvalue weighted by Crippen LogP contribution is -2.22. The molecular weight excluding hydrogens is 188 g/mol. The van der Waals surface area contributed by atoms with Gasteiger partial charge in [0.05, 0.1) is 12.6 Å². The van der Waals surface area contributed by atoms with Crippen LogP contribution in [-0.2, 0) is 6.54 Å². The molecule has 4 nitrogen and oxygen atoms in total. The van der Waals surface area contributed by atoms with E-state index in [4.69, 9.17) is 0 Å². The van der Waals surface area contributed by atoms with Crippen LogP contribution in [0.15, 0.2) is 6.33 Å². The molecule has 0 fully saturated rings. The Morgan fingerprint density at radius 1 is 1.40 bits per heavy atom. The Morgan fingerprint density at radius 3 is 2.73 bits per heavy atom. The molecule has 1 unspecified atom stereocenters. The zero-order chi connectivity index (χ0) is 11.3. The third-order valence-electron chi connectivity index (χ3n) is 2.49. The van der Waals surface area contributed by atoms with Crippen molar-refractivity contribution in [3.8, 4) is 0 Å². The molecule has 15 heavy (non-hydrogen) atoms. The Balaban J connectivity index is 2.50. The van der Waals surface area contributed by atoms with Gasteiger partial charge in [0.15, 0.2) is 0 Å². The number of nitrogens with zero attached hydrogens (tertiary/aromatic N) is 3. The number of hydrogen-bond donors (Lipinski definition) is 1. The molecule has 1 aromatic rings. The van der Waals surface area contributed by atoms with E-state index in [1.807, 2.05) is 4.68 Å². The van der Waals surface area contributed by atoms with Crippen molar-refractivity contribution in [1.29, 1.82) is 0 Å². The van der Waals surface area contributed by atoms with Crippen LogP contribution in [-0.4, -0.2) is 21.3 Å². The van der Waals surface area contributed by atoms with Gasteiger partial charge in [-0.05, 0) is 25.8 Å². The predicted molar refractivity (Wildman–Crippen MR) is 61.6 cm³/mol. The van der Waals surface area contributed by atoms with Gasteiger partial charge < -0.3 is 5.32 Å². The molecule has 0 saturated heterocycles. The number of nitrogens with one attached hydrogen (secondary N) is 1. The zero-order valence-electron chi connectivity index (χ0n) is 10.2. The van der Waals surface area contributed by atoms with Crippen LogP contribution < -0.4 is 5.32 Å². The first-order valence-corrected chi connectivity index (χ1v) is 5.74. The predicted octanol–water partition coefficient (Wildman–Crippen LogP) is 1.99. The molecule has 1 rings (SSSR count). The average molecular weight is 210 g/mol. The van der Waals surface area contributed by atoms with E-state index >= 15 is 0 Å². The highest BCUT2D eigenvalue weighted by Gasteiger charge is 2.09. The first-order chi connectivity index (χ1) is 7.15. The SMILES string of the molecule is CCC(C)n1ncnc1CNCC(C)C. The van der Waals surface area contributed by atoms with Crippen molar-refractivity contribution in [2.75, 3.05) is 6.54 Å². The molecule has 0 aromatic carbocycles. The normalized spacial score (nSPS) is 13.4. The number of hydrogen-bond acceptors (Lipinski definition) is 3. The second-order valence-corrected chi connectivity index (χ2v) is 4.40. The minimum Gasteiger partial charge on any atom is -0.310 e. The monoisotopic (exact) mass is 210 g/mol. The standard InChI is InChI=1S/C11H22N4/c1-5-10(4)15-11(13-8-14-15)7-12-6-9(2)3/h8-10,12H,5-7H2,1-4H3. The van der Waals surface area contributed by atoms with Crippen LogP contribution in [0.25, 0.3) is 0 Å². The quantitative estimate of drug-likeness (QED) is 0.781. The van der Waals surface area contributed by atoms with E-state index < -0.39 is 0 Å². The second kappa shape index (κ2) is 5.85. The van der Waals surface area contributed by atoms with Crippen LogP contribution in [0.3, 0.4) is 0 Å². The lowest BCUT2D eigenvalue weighted by Gasteiger charge is -2.13. The molecular formula is C11H22N4. The smallest absolute Gasteiger partial charge is 0.141 e. The van der Waals surface area contributed by atoms with Crippen molar-refractivity contribution >= 4 is 0 Å². The summed E-state index contributed by atoms with van der Waals surface area (Å²) in [4.78, 5) is 4.27. The van der Waals surface area contributed by atoms with Crippen LogP contribution in [0.1, 0.15) is 46.0 Å². The third kappa shape index (κ3) is 3.63. The van der Waals surface area contributed by atoms with Gasteiger partial charge in [0.2, 0.25) is 0 Å². The largest absolute Gasteiger partial charge is 0.310 e. The Bertz CT molecular complexity index is 280. The van der Waals surface area contributed by atoms with Crippen molar-refractivity contribution in [3.05, 3.63) is 12.2 Å². The maximum Gasteiger partial charge on any atom is 0.141 e. The van der Waals surface area contributed by atoms with Crippen LogP contribution in [0.2, 0.25) is 0 Å². The highest BCUT2D eigenvalue weighted by Crippen LogP contribution is 2.09. The Kier molecular flexibility index (Phi) is 4.75. The maximum atomic E-state index is 4.27. The zero-order valence-corrected chi connectivity index (χ0v) is 10.2. The van der Waals surface area contributed by atoms with Gasteiger partial charge in [-0.1, -0.05) is 20.8 Å². The Labute approximate surface area is 92.1 Å². The molecule has 0 radical (unpaired) electrons. The molecule has 1 atom stereocenters. The molecule has 0 amide bonds. The highest BCUT2D eigenvalue weighted by molar-refractivity contribution is 4.86. The summed E-state index contributed by atoms with van der Waals surface area (Å²) >= 11 is 0. The fourth-order valence-electron chi connectivity index (χ4n) is 1.41. The van der Waals surface area contributed by atoms with E-state index in [0.29, 0.717) is 12.0 Å². The summed E-state index contributed by atoms with van der Waals surface area (Å²) in [6, 6.07) is 0.434. The van der Waals surface area contributed by atoms with E-state index in [-0.39, 0.29) is 0 Å². The van der Waals surface area contributed by atoms with Crippen LogP contribution in [0.5, 0.6) is 0 Å². The van der Waals surface area contributed by atoms with E-state index in [1.54, 1.807) is 6.33 Å². The molecule has 1 heterocycles. The van der Waals surface area contributed by atoms with Gasteiger partial charge >= 0.3 is 0 Å². The Morgan fingerprint density at radius 2 is 2.13 bits per heavy atom. The number of rotatable bonds is 6. The first kappa shape index (κ1) is 12.2. The maximum absolute atomic E-state index is 4.27. The van der Waals surface area contributed by atoms with Crippen molar-refractivity contribution in [2.45, 2.75) is 46.7 Å². The topological polar surface area (TPSA) is 42.7 Å². The van der Waals surface area contributed by atoms with Crippen LogP contribution >= 0.6 is 0 Å². The summed E-state index contributed by atoms with van der Waals surface area (Å²) in [7, 11) is 0. The molecule has 86 valence electrons. The lowest BCUT2D eigenvalue weighted by atomic mass is 10.2. The molecule has 0 bridgehead atoms. The Hall–Kier alpha value is -0.900. The van der Waals surface area contributed by atoms with Crippen molar-refractivity contribution < 1.29 is 0 Å². The molecule has 1 aromatic heterocycles. The van der Waals surface area contributed by atoms with Gasteiger partial charge in [0.25, 0.3) is 0 Å². The van der Waals surface area contributed by atoms with Gasteiger partial charge in [-0.25, -0.2) is 9.67 Å². The highest BCUT2D eigenvalue weighted by atomic mass is 15.4. The van der Waals surface area contributed by atoms with Crippen molar-refractivity contribution in [3.63, 3.8) is 0 Å². The van der Waals surface area contributed by atoms with Crippen LogP contribution in [0, 0.1) is 5.92 Å². The summed E-state index contributed by atoms with van der Waals surface area (Å²) in [5.41, 5.74) is 0. The summed E-state index contributed by atoms with van der Waals surface area (Å²) in [6.45, 7) is 10.6. The first-order valence-electron chi connectivity index (χ1n) is 5.74. The van der Waals surface area contributed by atoms with Crippen LogP contribution in [0.4, 0.5) is 0 Å². The van der Waals surface area contributed by atoms with Gasteiger partial charge in [0.1, 0.15) is 12.2 Å². The minimum atomic E-state index is 0.434. The van der Waals surface area contributed by atoms with Gasteiger partial charge in [-0.15, -0.1) is 0 Å². The fourth-order valence-corrected chi connectivity index (χ4v) is 1.41. The summed E-state index contributed by atoms with van der Waals surface area (Å²) < 4.78 is 2.01. The lowest BCUT2D eigenvalue weighted by molar-refractivity contribution is 0.441. The van der Waals surface area contributed by atoms with E-state index in [1.165, 1.54) is 0 Å². The van der Waals surface area contributed by atoms with Gasteiger partial charge in [-0.2, -0.15) is 5.10 Å². The van der Waals surface area contributed by atoms with Crippen molar-refractivity contribution in [2.24, 2.45) is 5.92 Å². The van der Waals surface area contributed by atoms with Gasteiger partial charge in [-0.3, -0.25) is 0 Å². The number of aromatic nitrogens is 3. The molecule has 4 heteroatoms. The van der Waals surface area contributed by atoms with Crippen molar-refractivity contribution in [1.82, 2.24) is 20.1 Å². The fraction of sp³-hybridized carbons (Fsp3) is 0.818. The third-order valence-corrected chi connectivity index (χ3v) is 2.49. The minimum absolute atomic E-state index is 0.434. The average Bonchev–Trinajstić information content (AvgIpc) is 2.64. The summed E-state index contributed by atoms with van der Waals surface area (Å²) in [6.07, 6.45) is 2.72. The van der Waals surface area contributed by atoms with E-state index in [9.17, 15) is 0 Å². The molecule has 0 aliphatic rings. The summed E-state index contributed by atoms with van der Waals surface area (Å²) in [5, 5.41) is 7.63. The molecule has 0 aliphatic carbocycles.